The molecule has 1 aliphatic rings. The van der Waals surface area contributed by atoms with Crippen molar-refractivity contribution in [3.05, 3.63) is 95.9 Å². The third kappa shape index (κ3) is 7.48. The number of rotatable bonds is 9. The van der Waals surface area contributed by atoms with E-state index in [4.69, 9.17) is 4.98 Å². The van der Waals surface area contributed by atoms with Crippen LogP contribution in [0.25, 0.3) is 11.1 Å². The summed E-state index contributed by atoms with van der Waals surface area (Å²) in [7, 11) is 0. The van der Waals surface area contributed by atoms with Crippen LogP contribution in [0.1, 0.15) is 49.9 Å². The molecular formula is C32H38N6O. The molecule has 202 valence electrons. The van der Waals surface area contributed by atoms with Crippen LogP contribution in [-0.2, 0) is 6.54 Å². The Bertz CT molecular complexity index is 1340. The van der Waals surface area contributed by atoms with Gasteiger partial charge in [-0.1, -0.05) is 87.0 Å². The third-order valence-corrected chi connectivity index (χ3v) is 6.70. The van der Waals surface area contributed by atoms with Crippen LogP contribution in [0.15, 0.2) is 84.1 Å². The SMILES string of the molecule is CC[C@H](CO)Nc1nc(NCc2ccc(-c3cccnc3)cc2)c2c(n1)C(C(C)C)C=N2.Cc1ccccc1. The first-order chi connectivity index (χ1) is 19.0. The number of anilines is 2. The highest BCUT2D eigenvalue weighted by molar-refractivity contribution is 5.85. The lowest BCUT2D eigenvalue weighted by atomic mass is 9.94. The first-order valence-corrected chi connectivity index (χ1v) is 13.6. The minimum absolute atomic E-state index is 0.0348. The maximum absolute atomic E-state index is 9.58. The van der Waals surface area contributed by atoms with Crippen LogP contribution in [0, 0.1) is 12.8 Å². The van der Waals surface area contributed by atoms with Crippen LogP contribution in [0.3, 0.4) is 0 Å². The fraction of sp³-hybridized carbons (Fsp3) is 0.312. The number of benzene rings is 2. The smallest absolute Gasteiger partial charge is 0.225 e. The molecule has 0 bridgehead atoms. The summed E-state index contributed by atoms with van der Waals surface area (Å²) in [5.41, 5.74) is 6.43. The van der Waals surface area contributed by atoms with Gasteiger partial charge in [0.1, 0.15) is 5.69 Å². The number of pyridine rings is 1. The van der Waals surface area contributed by atoms with Gasteiger partial charge in [-0.25, -0.2) is 4.98 Å². The average Bonchev–Trinajstić information content (AvgIpc) is 3.41. The van der Waals surface area contributed by atoms with Crippen molar-refractivity contribution in [3.8, 4) is 11.1 Å². The van der Waals surface area contributed by atoms with Crippen molar-refractivity contribution < 1.29 is 5.11 Å². The van der Waals surface area contributed by atoms with E-state index in [2.05, 4.69) is 88.8 Å². The fourth-order valence-electron chi connectivity index (χ4n) is 4.26. The van der Waals surface area contributed by atoms with Crippen LogP contribution in [0.5, 0.6) is 0 Å². The molecule has 0 saturated heterocycles. The number of aryl methyl sites for hydroxylation is 1. The molecular weight excluding hydrogens is 484 g/mol. The zero-order valence-electron chi connectivity index (χ0n) is 23.2. The number of aromatic nitrogens is 3. The molecule has 0 radical (unpaired) electrons. The molecule has 7 nitrogen and oxygen atoms in total. The molecule has 0 fully saturated rings. The molecule has 3 N–H and O–H groups in total. The standard InChI is InChI=1S/C25H30N6O.C7H8/c1-4-20(15-32)29-25-30-22-21(16(2)3)14-27-23(22)24(31-25)28-12-17-7-9-18(10-8-17)19-6-5-11-26-13-19;1-7-5-3-2-4-6-7/h5-11,13-14,16,20-21,32H,4,12,15H2,1-3H3,(H2,28,29,30,31);2-6H,1H3/t20-,21?;/m1./s1. The molecule has 0 saturated carbocycles. The molecule has 2 aromatic carbocycles. The number of aliphatic hydroxyl groups is 1. The van der Waals surface area contributed by atoms with Crippen molar-refractivity contribution >= 4 is 23.7 Å². The summed E-state index contributed by atoms with van der Waals surface area (Å²) in [4.78, 5) is 18.3. The maximum atomic E-state index is 9.58. The predicted octanol–water partition coefficient (Wildman–Crippen LogP) is 6.78. The van der Waals surface area contributed by atoms with E-state index >= 15 is 0 Å². The number of hydrogen-bond donors (Lipinski definition) is 3. The van der Waals surface area contributed by atoms with Gasteiger partial charge in [-0.2, -0.15) is 4.98 Å². The van der Waals surface area contributed by atoms with Crippen LogP contribution < -0.4 is 10.6 Å². The molecule has 0 spiro atoms. The number of nitrogens with one attached hydrogen (secondary N) is 2. The van der Waals surface area contributed by atoms with E-state index in [9.17, 15) is 5.11 Å². The van der Waals surface area contributed by atoms with E-state index in [1.54, 1.807) is 6.20 Å². The zero-order valence-corrected chi connectivity index (χ0v) is 23.2. The van der Waals surface area contributed by atoms with E-state index in [0.29, 0.717) is 24.2 Å². The third-order valence-electron chi connectivity index (χ3n) is 6.70. The van der Waals surface area contributed by atoms with E-state index in [-0.39, 0.29) is 18.6 Å². The largest absolute Gasteiger partial charge is 0.394 e. The van der Waals surface area contributed by atoms with Crippen molar-refractivity contribution in [1.29, 1.82) is 0 Å². The second-order valence-electron chi connectivity index (χ2n) is 10.1. The highest BCUT2D eigenvalue weighted by Crippen LogP contribution is 2.40. The Balaban J connectivity index is 0.000000438. The fourth-order valence-corrected chi connectivity index (χ4v) is 4.26. The number of hydrogen-bond acceptors (Lipinski definition) is 7. The molecule has 0 aliphatic carbocycles. The Kier molecular flexibility index (Phi) is 9.75. The second-order valence-corrected chi connectivity index (χ2v) is 10.1. The number of fused-ring (bicyclic) bond motifs is 1. The number of aliphatic hydroxyl groups excluding tert-OH is 1. The van der Waals surface area contributed by atoms with E-state index < -0.39 is 0 Å². The average molecular weight is 523 g/mol. The predicted molar refractivity (Wildman–Crippen MR) is 161 cm³/mol. The topological polar surface area (TPSA) is 95.3 Å². The Morgan fingerprint density at radius 3 is 2.28 bits per heavy atom. The highest BCUT2D eigenvalue weighted by Gasteiger charge is 2.28. The van der Waals surface area contributed by atoms with Gasteiger partial charge in [0.15, 0.2) is 5.82 Å². The summed E-state index contributed by atoms with van der Waals surface area (Å²) in [6.45, 7) is 9.10. The first kappa shape index (κ1) is 27.9. The van der Waals surface area contributed by atoms with Crippen LogP contribution in [-0.4, -0.2) is 38.9 Å². The number of nitrogens with zero attached hydrogens (tertiary/aromatic N) is 4. The van der Waals surface area contributed by atoms with Crippen molar-refractivity contribution in [2.45, 2.75) is 52.6 Å². The van der Waals surface area contributed by atoms with Crippen molar-refractivity contribution in [3.63, 3.8) is 0 Å². The molecule has 2 aromatic heterocycles. The van der Waals surface area contributed by atoms with E-state index in [1.807, 2.05) is 43.6 Å². The molecule has 4 aromatic rings. The van der Waals surface area contributed by atoms with Gasteiger partial charge in [0, 0.05) is 31.1 Å². The molecule has 39 heavy (non-hydrogen) atoms. The zero-order chi connectivity index (χ0) is 27.6. The summed E-state index contributed by atoms with van der Waals surface area (Å²) >= 11 is 0. The molecule has 3 heterocycles. The monoisotopic (exact) mass is 522 g/mol. The quantitative estimate of drug-likeness (QED) is 0.224. The van der Waals surface area contributed by atoms with Crippen molar-refractivity contribution in [2.75, 3.05) is 17.2 Å². The van der Waals surface area contributed by atoms with Gasteiger partial charge in [-0.15, -0.1) is 0 Å². The minimum Gasteiger partial charge on any atom is -0.394 e. The molecule has 7 heteroatoms. The maximum Gasteiger partial charge on any atom is 0.225 e. The summed E-state index contributed by atoms with van der Waals surface area (Å²) in [5, 5.41) is 16.3. The van der Waals surface area contributed by atoms with Gasteiger partial charge in [-0.05, 0) is 42.0 Å². The Morgan fingerprint density at radius 2 is 1.69 bits per heavy atom. The van der Waals surface area contributed by atoms with Crippen molar-refractivity contribution in [2.24, 2.45) is 10.9 Å². The van der Waals surface area contributed by atoms with Gasteiger partial charge < -0.3 is 15.7 Å². The molecule has 2 atom stereocenters. The normalized spacial score (nSPS) is 14.4. The lowest BCUT2D eigenvalue weighted by molar-refractivity contribution is 0.271. The lowest BCUT2D eigenvalue weighted by Crippen LogP contribution is -2.24. The second kappa shape index (κ2) is 13.6. The molecule has 0 amide bonds. The summed E-state index contributed by atoms with van der Waals surface area (Å²) in [6.07, 6.45) is 6.39. The van der Waals surface area contributed by atoms with Crippen LogP contribution in [0.4, 0.5) is 17.5 Å². The Morgan fingerprint density at radius 1 is 0.923 bits per heavy atom. The minimum atomic E-state index is -0.0826. The summed E-state index contributed by atoms with van der Waals surface area (Å²) in [6, 6.07) is 22.6. The Hall–Kier alpha value is -4.10. The lowest BCUT2D eigenvalue weighted by Gasteiger charge is -2.19. The molecule has 5 rings (SSSR count). The summed E-state index contributed by atoms with van der Waals surface area (Å²) in [5.74, 6) is 1.77. The van der Waals surface area contributed by atoms with Gasteiger partial charge in [0.25, 0.3) is 0 Å². The summed E-state index contributed by atoms with van der Waals surface area (Å²) < 4.78 is 0. The van der Waals surface area contributed by atoms with Gasteiger partial charge in [0.2, 0.25) is 5.95 Å². The number of aliphatic imine (C=N–C) groups is 1. The molecule has 1 unspecified atom stereocenters. The van der Waals surface area contributed by atoms with E-state index in [0.717, 1.165) is 34.5 Å². The van der Waals surface area contributed by atoms with Gasteiger partial charge in [0.05, 0.1) is 18.3 Å². The van der Waals surface area contributed by atoms with Gasteiger partial charge in [-0.3, -0.25) is 9.98 Å². The first-order valence-electron chi connectivity index (χ1n) is 13.6. The van der Waals surface area contributed by atoms with Crippen molar-refractivity contribution in [1.82, 2.24) is 15.0 Å². The highest BCUT2D eigenvalue weighted by atomic mass is 16.3. The Labute approximate surface area is 231 Å². The van der Waals surface area contributed by atoms with Crippen LogP contribution >= 0.6 is 0 Å². The van der Waals surface area contributed by atoms with Gasteiger partial charge >= 0.3 is 0 Å². The molecule has 1 aliphatic heterocycles. The van der Waals surface area contributed by atoms with E-state index in [1.165, 1.54) is 5.56 Å². The van der Waals surface area contributed by atoms with Crippen LogP contribution in [0.2, 0.25) is 0 Å².